The molecular weight excluding hydrogens is 316 g/mol. The third kappa shape index (κ3) is 6.06. The summed E-state index contributed by atoms with van der Waals surface area (Å²) in [5.74, 6) is 1.71. The predicted molar refractivity (Wildman–Crippen MR) is 99.0 cm³/mol. The van der Waals surface area contributed by atoms with Gasteiger partial charge in [0.1, 0.15) is 11.4 Å². The van der Waals surface area contributed by atoms with Gasteiger partial charge < -0.3 is 15.4 Å². The lowest BCUT2D eigenvalue weighted by atomic mass is 10.1. The van der Waals surface area contributed by atoms with Crippen molar-refractivity contribution in [3.05, 3.63) is 47.8 Å². The van der Waals surface area contributed by atoms with E-state index in [4.69, 9.17) is 4.74 Å². The summed E-state index contributed by atoms with van der Waals surface area (Å²) in [7, 11) is 1.64. The number of benzene rings is 1. The van der Waals surface area contributed by atoms with Gasteiger partial charge >= 0.3 is 0 Å². The van der Waals surface area contributed by atoms with E-state index < -0.39 is 0 Å². The largest absolute Gasteiger partial charge is 0.496 e. The van der Waals surface area contributed by atoms with Gasteiger partial charge in [0.2, 0.25) is 5.95 Å². The monoisotopic (exact) mass is 342 g/mol. The first kappa shape index (κ1) is 18.7. The molecule has 2 aromatic rings. The quantitative estimate of drug-likeness (QED) is 0.733. The molecule has 0 saturated carbocycles. The maximum Gasteiger partial charge on any atom is 0.270 e. The van der Waals surface area contributed by atoms with E-state index in [1.807, 2.05) is 24.3 Å². The fraction of sp³-hybridized carbons (Fsp3) is 0.421. The number of rotatable bonds is 9. The lowest BCUT2D eigenvalue weighted by Crippen LogP contribution is -2.27. The van der Waals surface area contributed by atoms with Crippen molar-refractivity contribution in [3.63, 3.8) is 0 Å². The van der Waals surface area contributed by atoms with Crippen LogP contribution in [0, 0.1) is 5.92 Å². The first-order chi connectivity index (χ1) is 12.1. The summed E-state index contributed by atoms with van der Waals surface area (Å²) in [6.07, 6.45) is 3.32. The Balaban J connectivity index is 1.86. The molecule has 1 aromatic carbocycles. The highest BCUT2D eigenvalue weighted by molar-refractivity contribution is 5.92. The molecule has 0 fully saturated rings. The van der Waals surface area contributed by atoms with Crippen LogP contribution in [0.5, 0.6) is 5.75 Å². The zero-order valence-corrected chi connectivity index (χ0v) is 15.1. The zero-order chi connectivity index (χ0) is 18.1. The summed E-state index contributed by atoms with van der Waals surface area (Å²) in [6.45, 7) is 5.62. The van der Waals surface area contributed by atoms with Crippen LogP contribution in [-0.4, -0.2) is 36.1 Å². The van der Waals surface area contributed by atoms with E-state index in [9.17, 15) is 4.79 Å². The smallest absolute Gasteiger partial charge is 0.270 e. The Morgan fingerprint density at radius 1 is 1.20 bits per heavy atom. The number of carbonyl (C=O) groups excluding carboxylic acids is 1. The molecule has 2 N–H and O–H groups in total. The molecule has 6 heteroatoms. The van der Waals surface area contributed by atoms with E-state index in [2.05, 4.69) is 34.4 Å². The number of anilines is 1. The van der Waals surface area contributed by atoms with Crippen molar-refractivity contribution in [3.8, 4) is 5.75 Å². The van der Waals surface area contributed by atoms with Crippen LogP contribution in [0.15, 0.2) is 36.5 Å². The number of aromatic nitrogens is 2. The van der Waals surface area contributed by atoms with Gasteiger partial charge in [0.05, 0.1) is 7.11 Å². The summed E-state index contributed by atoms with van der Waals surface area (Å²) < 4.78 is 5.32. The first-order valence-corrected chi connectivity index (χ1v) is 8.57. The summed E-state index contributed by atoms with van der Waals surface area (Å²) in [5.41, 5.74) is 1.42. The average molecular weight is 342 g/mol. The standard InChI is InChI=1S/C19H26N4O2/c1-14(2)8-11-21-19-22-13-10-16(23-19)18(24)20-12-9-15-6-4-5-7-17(15)25-3/h4-7,10,13-14H,8-9,11-12H2,1-3H3,(H,20,24)(H,21,22,23). The Morgan fingerprint density at radius 2 is 2.00 bits per heavy atom. The van der Waals surface area contributed by atoms with Crippen LogP contribution in [0.4, 0.5) is 5.95 Å². The SMILES string of the molecule is COc1ccccc1CCNC(=O)c1ccnc(NCCC(C)C)n1. The molecule has 0 bridgehead atoms. The summed E-state index contributed by atoms with van der Waals surface area (Å²) >= 11 is 0. The van der Waals surface area contributed by atoms with Crippen LogP contribution < -0.4 is 15.4 Å². The van der Waals surface area contributed by atoms with E-state index in [1.165, 1.54) is 0 Å². The highest BCUT2D eigenvalue weighted by Crippen LogP contribution is 2.17. The van der Waals surface area contributed by atoms with Gasteiger partial charge in [-0.1, -0.05) is 32.0 Å². The van der Waals surface area contributed by atoms with Crippen LogP contribution in [0.2, 0.25) is 0 Å². The molecule has 0 saturated heterocycles. The Hall–Kier alpha value is -2.63. The number of nitrogens with zero attached hydrogens (tertiary/aromatic N) is 2. The minimum Gasteiger partial charge on any atom is -0.496 e. The van der Waals surface area contributed by atoms with Gasteiger partial charge in [0.15, 0.2) is 0 Å². The lowest BCUT2D eigenvalue weighted by Gasteiger charge is -2.10. The van der Waals surface area contributed by atoms with Crippen molar-refractivity contribution in [2.24, 2.45) is 5.92 Å². The Labute approximate surface area is 149 Å². The number of methoxy groups -OCH3 is 1. The number of hydrogen-bond acceptors (Lipinski definition) is 5. The summed E-state index contributed by atoms with van der Waals surface area (Å²) in [5, 5.41) is 6.04. The molecule has 134 valence electrons. The van der Waals surface area contributed by atoms with E-state index >= 15 is 0 Å². The highest BCUT2D eigenvalue weighted by Gasteiger charge is 2.09. The van der Waals surface area contributed by atoms with Gasteiger partial charge in [-0.2, -0.15) is 0 Å². The number of ether oxygens (including phenoxy) is 1. The van der Waals surface area contributed by atoms with Crippen LogP contribution in [0.3, 0.4) is 0 Å². The van der Waals surface area contributed by atoms with Gasteiger partial charge in [-0.25, -0.2) is 9.97 Å². The van der Waals surface area contributed by atoms with E-state index in [0.717, 1.165) is 24.3 Å². The number of hydrogen-bond donors (Lipinski definition) is 2. The van der Waals surface area contributed by atoms with Gasteiger partial charge in [-0.05, 0) is 36.5 Å². The van der Waals surface area contributed by atoms with Gasteiger partial charge in [0.25, 0.3) is 5.91 Å². The van der Waals surface area contributed by atoms with Crippen molar-refractivity contribution in [2.75, 3.05) is 25.5 Å². The van der Waals surface area contributed by atoms with Crippen molar-refractivity contribution < 1.29 is 9.53 Å². The number of carbonyl (C=O) groups is 1. The fourth-order valence-corrected chi connectivity index (χ4v) is 2.35. The Bertz CT molecular complexity index is 689. The maximum atomic E-state index is 12.3. The second-order valence-electron chi connectivity index (χ2n) is 6.19. The summed E-state index contributed by atoms with van der Waals surface area (Å²) in [4.78, 5) is 20.7. The second-order valence-corrected chi connectivity index (χ2v) is 6.19. The molecule has 0 aliphatic heterocycles. The van der Waals surface area contributed by atoms with Gasteiger partial charge in [-0.3, -0.25) is 4.79 Å². The molecule has 0 aliphatic rings. The van der Waals surface area contributed by atoms with Crippen molar-refractivity contribution >= 4 is 11.9 Å². The van der Waals surface area contributed by atoms with Crippen molar-refractivity contribution in [1.29, 1.82) is 0 Å². The normalized spacial score (nSPS) is 10.6. The Morgan fingerprint density at radius 3 is 2.76 bits per heavy atom. The molecule has 0 radical (unpaired) electrons. The topological polar surface area (TPSA) is 76.1 Å². The fourth-order valence-electron chi connectivity index (χ4n) is 2.35. The molecule has 2 rings (SSSR count). The van der Waals surface area contributed by atoms with Crippen molar-refractivity contribution in [2.45, 2.75) is 26.7 Å². The first-order valence-electron chi connectivity index (χ1n) is 8.57. The molecule has 0 unspecified atom stereocenters. The average Bonchev–Trinajstić information content (AvgIpc) is 2.62. The molecule has 0 aliphatic carbocycles. The van der Waals surface area contributed by atoms with Crippen LogP contribution in [0.25, 0.3) is 0 Å². The number of amides is 1. The molecule has 1 amide bonds. The maximum absolute atomic E-state index is 12.3. The van der Waals surface area contributed by atoms with E-state index in [0.29, 0.717) is 30.5 Å². The second kappa shape index (κ2) is 9.61. The molecule has 25 heavy (non-hydrogen) atoms. The van der Waals surface area contributed by atoms with E-state index in [-0.39, 0.29) is 5.91 Å². The van der Waals surface area contributed by atoms with Gasteiger partial charge in [-0.15, -0.1) is 0 Å². The molecular formula is C19H26N4O2. The predicted octanol–water partition coefficient (Wildman–Crippen LogP) is 2.92. The third-order valence-electron chi connectivity index (χ3n) is 3.77. The molecule has 0 atom stereocenters. The molecule has 0 spiro atoms. The van der Waals surface area contributed by atoms with Crippen LogP contribution >= 0.6 is 0 Å². The lowest BCUT2D eigenvalue weighted by molar-refractivity contribution is 0.0949. The summed E-state index contributed by atoms with van der Waals surface area (Å²) in [6, 6.07) is 9.41. The van der Waals surface area contributed by atoms with Crippen molar-refractivity contribution in [1.82, 2.24) is 15.3 Å². The third-order valence-corrected chi connectivity index (χ3v) is 3.77. The molecule has 1 heterocycles. The zero-order valence-electron chi connectivity index (χ0n) is 15.1. The molecule has 1 aromatic heterocycles. The van der Waals surface area contributed by atoms with Crippen LogP contribution in [-0.2, 0) is 6.42 Å². The highest BCUT2D eigenvalue weighted by atomic mass is 16.5. The van der Waals surface area contributed by atoms with Gasteiger partial charge in [0, 0.05) is 19.3 Å². The minimum atomic E-state index is -0.204. The number of nitrogens with one attached hydrogen (secondary N) is 2. The van der Waals surface area contributed by atoms with Crippen LogP contribution in [0.1, 0.15) is 36.3 Å². The minimum absolute atomic E-state index is 0.204. The number of para-hydroxylation sites is 1. The van der Waals surface area contributed by atoms with E-state index in [1.54, 1.807) is 19.4 Å². The molecule has 6 nitrogen and oxygen atoms in total. The Kier molecular flexibility index (Phi) is 7.19.